The van der Waals surface area contributed by atoms with E-state index in [0.717, 1.165) is 24.7 Å². The van der Waals surface area contributed by atoms with Gasteiger partial charge in [-0.3, -0.25) is 4.68 Å². The summed E-state index contributed by atoms with van der Waals surface area (Å²) in [6, 6.07) is 2.27. The van der Waals surface area contributed by atoms with Crippen LogP contribution < -0.4 is 0 Å². The molecule has 17 heavy (non-hydrogen) atoms. The Kier molecular flexibility index (Phi) is 4.29. The maximum Gasteiger partial charge on any atom is 0.0624 e. The minimum absolute atomic E-state index is 0.459. The normalized spacial score (nSPS) is 18.8. The Morgan fingerprint density at radius 2 is 2.00 bits per heavy atom. The van der Waals surface area contributed by atoms with E-state index in [-0.39, 0.29) is 0 Å². The number of hydrogen-bond donors (Lipinski definition) is 0. The van der Waals surface area contributed by atoms with Gasteiger partial charge in [-0.2, -0.15) is 5.10 Å². The molecule has 1 aliphatic rings. The number of aryl methyl sites for hydroxylation is 2. The Hall–Kier alpha value is -0.310. The molecule has 0 spiro atoms. The van der Waals surface area contributed by atoms with Gasteiger partial charge in [0.25, 0.3) is 0 Å². The SMILES string of the molecule is CCc1cc(CC)n(CC2(CBr)CCCC2)n1. The molecule has 0 aromatic carbocycles. The molecule has 0 radical (unpaired) electrons. The van der Waals surface area contributed by atoms with E-state index in [9.17, 15) is 0 Å². The van der Waals surface area contributed by atoms with Crippen molar-refractivity contribution in [1.82, 2.24) is 9.78 Å². The van der Waals surface area contributed by atoms with Crippen molar-refractivity contribution in [3.8, 4) is 0 Å². The molecule has 0 atom stereocenters. The summed E-state index contributed by atoms with van der Waals surface area (Å²) in [5.74, 6) is 0. The number of nitrogens with zero attached hydrogens (tertiary/aromatic N) is 2. The summed E-state index contributed by atoms with van der Waals surface area (Å²) in [6.45, 7) is 5.51. The monoisotopic (exact) mass is 298 g/mol. The Bertz CT molecular complexity index is 364. The summed E-state index contributed by atoms with van der Waals surface area (Å²) in [5, 5.41) is 5.87. The van der Waals surface area contributed by atoms with Crippen LogP contribution in [-0.2, 0) is 19.4 Å². The number of alkyl halides is 1. The highest BCUT2D eigenvalue weighted by atomic mass is 79.9. The van der Waals surface area contributed by atoms with Crippen LogP contribution >= 0.6 is 15.9 Å². The van der Waals surface area contributed by atoms with Crippen LogP contribution in [0.2, 0.25) is 0 Å². The molecule has 0 aliphatic heterocycles. The molecule has 2 nitrogen and oxygen atoms in total. The van der Waals surface area contributed by atoms with E-state index in [0.29, 0.717) is 5.41 Å². The summed E-state index contributed by atoms with van der Waals surface area (Å²) in [5.41, 5.74) is 3.10. The number of hydrogen-bond acceptors (Lipinski definition) is 1. The molecule has 1 aromatic rings. The average Bonchev–Trinajstić information content (AvgIpc) is 2.97. The lowest BCUT2D eigenvalue weighted by atomic mass is 9.89. The minimum Gasteiger partial charge on any atom is -0.269 e. The largest absolute Gasteiger partial charge is 0.269 e. The molecule has 1 saturated carbocycles. The lowest BCUT2D eigenvalue weighted by Gasteiger charge is -2.27. The molecule has 1 fully saturated rings. The molecule has 3 heteroatoms. The van der Waals surface area contributed by atoms with Crippen molar-refractivity contribution >= 4 is 15.9 Å². The second-order valence-electron chi connectivity index (χ2n) is 5.33. The van der Waals surface area contributed by atoms with Crippen LogP contribution in [0.15, 0.2) is 6.07 Å². The first-order chi connectivity index (χ1) is 8.23. The lowest BCUT2D eigenvalue weighted by Crippen LogP contribution is -2.26. The summed E-state index contributed by atoms with van der Waals surface area (Å²) in [4.78, 5) is 0. The highest BCUT2D eigenvalue weighted by molar-refractivity contribution is 9.09. The fourth-order valence-electron chi connectivity index (χ4n) is 2.89. The molecule has 0 bridgehead atoms. The molecular formula is C14H23BrN2. The first kappa shape index (κ1) is 13.1. The maximum absolute atomic E-state index is 4.75. The number of rotatable bonds is 5. The fraction of sp³-hybridized carbons (Fsp3) is 0.786. The molecular weight excluding hydrogens is 276 g/mol. The standard InChI is InChI=1S/C14H23BrN2/c1-3-12-9-13(4-2)17(16-12)11-14(10-15)7-5-6-8-14/h9H,3-8,10-11H2,1-2H3. The smallest absolute Gasteiger partial charge is 0.0624 e. The molecule has 0 amide bonds. The van der Waals surface area contributed by atoms with Crippen molar-refractivity contribution in [2.45, 2.75) is 58.9 Å². The molecule has 96 valence electrons. The predicted molar refractivity (Wildman–Crippen MR) is 75.7 cm³/mol. The van der Waals surface area contributed by atoms with Crippen molar-refractivity contribution in [3.63, 3.8) is 0 Å². The Morgan fingerprint density at radius 1 is 1.29 bits per heavy atom. The average molecular weight is 299 g/mol. The van der Waals surface area contributed by atoms with Crippen LogP contribution in [0.5, 0.6) is 0 Å². The van der Waals surface area contributed by atoms with Crippen molar-refractivity contribution in [2.75, 3.05) is 5.33 Å². The Labute approximate surface area is 113 Å². The second-order valence-corrected chi connectivity index (χ2v) is 5.89. The minimum atomic E-state index is 0.459. The van der Waals surface area contributed by atoms with Gasteiger partial charge < -0.3 is 0 Å². The predicted octanol–water partition coefficient (Wildman–Crippen LogP) is 3.96. The third-order valence-corrected chi connectivity index (χ3v) is 5.26. The van der Waals surface area contributed by atoms with Crippen LogP contribution in [0.3, 0.4) is 0 Å². The lowest BCUT2D eigenvalue weighted by molar-refractivity contribution is 0.273. The van der Waals surface area contributed by atoms with Gasteiger partial charge in [0.05, 0.1) is 5.69 Å². The van der Waals surface area contributed by atoms with E-state index >= 15 is 0 Å². The highest BCUT2D eigenvalue weighted by Crippen LogP contribution is 2.41. The molecule has 1 heterocycles. The summed E-state index contributed by atoms with van der Waals surface area (Å²) >= 11 is 3.72. The number of aromatic nitrogens is 2. The van der Waals surface area contributed by atoms with Gasteiger partial charge in [-0.1, -0.05) is 42.6 Å². The molecule has 1 aromatic heterocycles. The number of halogens is 1. The van der Waals surface area contributed by atoms with E-state index in [1.807, 2.05) is 0 Å². The fourth-order valence-corrected chi connectivity index (χ4v) is 3.62. The van der Waals surface area contributed by atoms with Crippen LogP contribution in [-0.4, -0.2) is 15.1 Å². The van der Waals surface area contributed by atoms with E-state index < -0.39 is 0 Å². The van der Waals surface area contributed by atoms with Gasteiger partial charge in [0.15, 0.2) is 0 Å². The topological polar surface area (TPSA) is 17.8 Å². The van der Waals surface area contributed by atoms with Crippen molar-refractivity contribution in [3.05, 3.63) is 17.5 Å². The summed E-state index contributed by atoms with van der Waals surface area (Å²) in [6.07, 6.45) is 7.60. The zero-order valence-corrected chi connectivity index (χ0v) is 12.6. The van der Waals surface area contributed by atoms with E-state index in [4.69, 9.17) is 5.10 Å². The van der Waals surface area contributed by atoms with Gasteiger partial charge in [0.2, 0.25) is 0 Å². The Balaban J connectivity index is 2.18. The van der Waals surface area contributed by atoms with Crippen LogP contribution in [0.1, 0.15) is 50.9 Å². The van der Waals surface area contributed by atoms with Crippen molar-refractivity contribution in [2.24, 2.45) is 5.41 Å². The summed E-state index contributed by atoms with van der Waals surface area (Å²) < 4.78 is 2.27. The van der Waals surface area contributed by atoms with Gasteiger partial charge in [0, 0.05) is 17.6 Å². The van der Waals surface area contributed by atoms with Gasteiger partial charge in [-0.15, -0.1) is 0 Å². The van der Waals surface area contributed by atoms with Gasteiger partial charge in [-0.25, -0.2) is 0 Å². The Morgan fingerprint density at radius 3 is 2.53 bits per heavy atom. The van der Waals surface area contributed by atoms with Crippen molar-refractivity contribution < 1.29 is 0 Å². The van der Waals surface area contributed by atoms with Crippen LogP contribution in [0, 0.1) is 5.41 Å². The van der Waals surface area contributed by atoms with E-state index in [2.05, 4.69) is 40.5 Å². The molecule has 0 saturated heterocycles. The zero-order chi connectivity index (χ0) is 12.3. The molecule has 0 N–H and O–H groups in total. The molecule has 0 unspecified atom stereocenters. The van der Waals surface area contributed by atoms with Gasteiger partial charge >= 0.3 is 0 Å². The molecule has 1 aliphatic carbocycles. The second kappa shape index (κ2) is 5.55. The maximum atomic E-state index is 4.75. The van der Waals surface area contributed by atoms with Gasteiger partial charge in [-0.05, 0) is 37.2 Å². The molecule has 2 rings (SSSR count). The third-order valence-electron chi connectivity index (χ3n) is 4.07. The van der Waals surface area contributed by atoms with Crippen LogP contribution in [0.4, 0.5) is 0 Å². The van der Waals surface area contributed by atoms with Crippen molar-refractivity contribution in [1.29, 1.82) is 0 Å². The first-order valence-electron chi connectivity index (χ1n) is 6.84. The van der Waals surface area contributed by atoms with E-state index in [1.165, 1.54) is 37.1 Å². The third kappa shape index (κ3) is 2.75. The first-order valence-corrected chi connectivity index (χ1v) is 7.97. The quantitative estimate of drug-likeness (QED) is 0.752. The summed E-state index contributed by atoms with van der Waals surface area (Å²) in [7, 11) is 0. The van der Waals surface area contributed by atoms with E-state index in [1.54, 1.807) is 0 Å². The van der Waals surface area contributed by atoms with Gasteiger partial charge in [0.1, 0.15) is 0 Å². The highest BCUT2D eigenvalue weighted by Gasteiger charge is 2.33. The van der Waals surface area contributed by atoms with Crippen LogP contribution in [0.25, 0.3) is 0 Å². The zero-order valence-electron chi connectivity index (χ0n) is 11.0.